The van der Waals surface area contributed by atoms with Crippen molar-refractivity contribution in [1.29, 1.82) is 0 Å². The summed E-state index contributed by atoms with van der Waals surface area (Å²) in [6.45, 7) is 5.61. The molecule has 5 nitrogen and oxygen atoms in total. The van der Waals surface area contributed by atoms with Crippen LogP contribution < -0.4 is 4.90 Å². The van der Waals surface area contributed by atoms with Crippen LogP contribution in [0.1, 0.15) is 36.7 Å². The van der Waals surface area contributed by atoms with Gasteiger partial charge in [-0.1, -0.05) is 60.2 Å². The topological polar surface area (TPSA) is 63.7 Å². The standard InChI is InChI=1S/C27H25NO4/c1-15(2)32-27(31)18-11-7-8-12-21(18)28-25(29)23-19-13-14-20(24(23)26(28)30)22(19)16(3)17-9-5-4-6-10-17/h4-15,19-20,23-24H,1-3H3/t19-,20-,23+,24+/m1/s1. The summed E-state index contributed by atoms with van der Waals surface area (Å²) in [4.78, 5) is 41.0. The van der Waals surface area contributed by atoms with Gasteiger partial charge in [0.25, 0.3) is 0 Å². The Morgan fingerprint density at radius 3 is 2.03 bits per heavy atom. The third kappa shape index (κ3) is 2.95. The van der Waals surface area contributed by atoms with Crippen molar-refractivity contribution in [3.05, 3.63) is 83.4 Å². The van der Waals surface area contributed by atoms with Crippen LogP contribution >= 0.6 is 0 Å². The first-order chi connectivity index (χ1) is 15.4. The fraction of sp³-hybridized carbons (Fsp3) is 0.296. The van der Waals surface area contributed by atoms with Gasteiger partial charge < -0.3 is 4.74 Å². The van der Waals surface area contributed by atoms with E-state index in [-0.39, 0.29) is 35.3 Å². The molecule has 0 N–H and O–H groups in total. The molecule has 0 unspecified atom stereocenters. The van der Waals surface area contributed by atoms with Gasteiger partial charge in [-0.25, -0.2) is 9.69 Å². The van der Waals surface area contributed by atoms with Crippen molar-refractivity contribution in [3.63, 3.8) is 0 Å². The molecule has 2 fully saturated rings. The zero-order chi connectivity index (χ0) is 22.6. The highest BCUT2D eigenvalue weighted by molar-refractivity contribution is 6.25. The number of hydrogen-bond acceptors (Lipinski definition) is 4. The Hall–Kier alpha value is -3.47. The van der Waals surface area contributed by atoms with Gasteiger partial charge in [-0.15, -0.1) is 0 Å². The van der Waals surface area contributed by atoms with Gasteiger partial charge in [-0.05, 0) is 44.0 Å². The molecule has 2 amide bonds. The van der Waals surface area contributed by atoms with E-state index in [0.717, 1.165) is 11.1 Å². The van der Waals surface area contributed by atoms with E-state index in [4.69, 9.17) is 4.74 Å². The lowest BCUT2D eigenvalue weighted by Gasteiger charge is -2.22. The Bertz CT molecular complexity index is 1140. The second-order valence-corrected chi connectivity index (χ2v) is 8.92. The van der Waals surface area contributed by atoms with Gasteiger partial charge in [0.1, 0.15) is 0 Å². The number of benzene rings is 2. The summed E-state index contributed by atoms with van der Waals surface area (Å²) >= 11 is 0. The van der Waals surface area contributed by atoms with Crippen LogP contribution in [0.2, 0.25) is 0 Å². The number of nitrogens with zero attached hydrogens (tertiary/aromatic N) is 1. The molecule has 5 heteroatoms. The summed E-state index contributed by atoms with van der Waals surface area (Å²) in [5.41, 5.74) is 3.96. The number of carbonyl (C=O) groups is 3. The third-order valence-corrected chi connectivity index (χ3v) is 6.76. The average molecular weight is 428 g/mol. The quantitative estimate of drug-likeness (QED) is 0.405. The van der Waals surface area contributed by atoms with Crippen molar-refractivity contribution < 1.29 is 19.1 Å². The minimum Gasteiger partial charge on any atom is -0.459 e. The van der Waals surface area contributed by atoms with Crippen molar-refractivity contribution in [2.24, 2.45) is 23.7 Å². The van der Waals surface area contributed by atoms with E-state index in [1.54, 1.807) is 38.1 Å². The summed E-state index contributed by atoms with van der Waals surface area (Å²) < 4.78 is 5.35. The third-order valence-electron chi connectivity index (χ3n) is 6.76. The van der Waals surface area contributed by atoms with E-state index in [0.29, 0.717) is 5.69 Å². The maximum absolute atomic E-state index is 13.6. The predicted octanol–water partition coefficient (Wildman–Crippen LogP) is 4.65. The molecule has 2 aromatic rings. The van der Waals surface area contributed by atoms with Gasteiger partial charge in [0.05, 0.1) is 29.2 Å². The molecule has 162 valence electrons. The fourth-order valence-electron chi connectivity index (χ4n) is 5.47. The van der Waals surface area contributed by atoms with Crippen LogP contribution in [-0.2, 0) is 14.3 Å². The van der Waals surface area contributed by atoms with Crippen molar-refractivity contribution in [2.45, 2.75) is 26.9 Å². The summed E-state index contributed by atoms with van der Waals surface area (Å²) in [6.07, 6.45) is 3.84. The number of ether oxygens (including phenoxy) is 1. The van der Waals surface area contributed by atoms with E-state index in [1.807, 2.05) is 18.2 Å². The number of rotatable bonds is 4. The molecule has 0 radical (unpaired) electrons. The van der Waals surface area contributed by atoms with Crippen LogP contribution in [0.5, 0.6) is 0 Å². The van der Waals surface area contributed by atoms with Gasteiger partial charge in [0.2, 0.25) is 11.8 Å². The number of para-hydroxylation sites is 1. The highest BCUT2D eigenvalue weighted by atomic mass is 16.5. The summed E-state index contributed by atoms with van der Waals surface area (Å²) in [6, 6.07) is 16.8. The first-order valence-electron chi connectivity index (χ1n) is 11.0. The number of allylic oxidation sites excluding steroid dienone is 4. The molecule has 1 aliphatic heterocycles. The van der Waals surface area contributed by atoms with Gasteiger partial charge in [-0.3, -0.25) is 9.59 Å². The number of amides is 2. The van der Waals surface area contributed by atoms with Gasteiger partial charge in [0, 0.05) is 11.8 Å². The van der Waals surface area contributed by atoms with E-state index < -0.39 is 17.8 Å². The van der Waals surface area contributed by atoms with Crippen molar-refractivity contribution in [2.75, 3.05) is 4.90 Å². The normalized spacial score (nSPS) is 25.6. The molecular weight excluding hydrogens is 402 g/mol. The SMILES string of the molecule is CC(=C1[C@H]2C=C[C@H]1[C@@H]1C(=O)N(c3ccccc3C(=O)OC(C)C)C(=O)[C@H]12)c1ccccc1. The van der Waals surface area contributed by atoms with Gasteiger partial charge in [-0.2, -0.15) is 0 Å². The van der Waals surface area contributed by atoms with Crippen LogP contribution in [-0.4, -0.2) is 23.9 Å². The largest absolute Gasteiger partial charge is 0.459 e. The van der Waals surface area contributed by atoms with Crippen LogP contribution in [0, 0.1) is 23.7 Å². The predicted molar refractivity (Wildman–Crippen MR) is 122 cm³/mol. The average Bonchev–Trinajstić information content (AvgIpc) is 3.43. The second-order valence-electron chi connectivity index (χ2n) is 8.92. The molecule has 4 atom stereocenters. The first kappa shape index (κ1) is 20.4. The fourth-order valence-corrected chi connectivity index (χ4v) is 5.47. The Balaban J connectivity index is 1.52. The molecule has 1 saturated carbocycles. The molecule has 2 bridgehead atoms. The molecule has 0 spiro atoms. The van der Waals surface area contributed by atoms with E-state index in [9.17, 15) is 14.4 Å². The summed E-state index contributed by atoms with van der Waals surface area (Å²) in [5, 5.41) is 0. The minimum atomic E-state index is -0.533. The zero-order valence-electron chi connectivity index (χ0n) is 18.3. The van der Waals surface area contributed by atoms with Crippen LogP contribution in [0.25, 0.3) is 5.57 Å². The Labute approximate surface area is 187 Å². The molecular formula is C27H25NO4. The van der Waals surface area contributed by atoms with E-state index in [1.165, 1.54) is 10.5 Å². The van der Waals surface area contributed by atoms with E-state index >= 15 is 0 Å². The molecule has 32 heavy (non-hydrogen) atoms. The zero-order valence-corrected chi connectivity index (χ0v) is 18.3. The molecule has 5 rings (SSSR count). The van der Waals surface area contributed by atoms with Gasteiger partial charge >= 0.3 is 5.97 Å². The Kier molecular flexibility index (Phi) is 4.85. The number of hydrogen-bond donors (Lipinski definition) is 0. The van der Waals surface area contributed by atoms with E-state index in [2.05, 4.69) is 31.2 Å². The van der Waals surface area contributed by atoms with Crippen LogP contribution in [0.3, 0.4) is 0 Å². The van der Waals surface area contributed by atoms with Crippen LogP contribution in [0.4, 0.5) is 5.69 Å². The van der Waals surface area contributed by atoms with Crippen molar-refractivity contribution in [3.8, 4) is 0 Å². The Morgan fingerprint density at radius 1 is 0.875 bits per heavy atom. The van der Waals surface area contributed by atoms with Crippen molar-refractivity contribution >= 4 is 29.0 Å². The molecule has 0 aromatic heterocycles. The highest BCUT2D eigenvalue weighted by Gasteiger charge is 2.62. The van der Waals surface area contributed by atoms with Crippen LogP contribution in [0.15, 0.2) is 72.3 Å². The second kappa shape index (κ2) is 7.59. The smallest absolute Gasteiger partial charge is 0.340 e. The number of anilines is 1. The minimum absolute atomic E-state index is 0.0959. The maximum Gasteiger partial charge on any atom is 0.340 e. The van der Waals surface area contributed by atoms with Gasteiger partial charge in [0.15, 0.2) is 0 Å². The summed E-state index contributed by atoms with van der Waals surface area (Å²) in [7, 11) is 0. The lowest BCUT2D eigenvalue weighted by atomic mass is 9.85. The number of fused-ring (bicyclic) bond motifs is 5. The number of imide groups is 1. The summed E-state index contributed by atoms with van der Waals surface area (Å²) in [5.74, 6) is -2.06. The molecule has 2 aromatic carbocycles. The lowest BCUT2D eigenvalue weighted by molar-refractivity contribution is -0.122. The Morgan fingerprint density at radius 2 is 1.44 bits per heavy atom. The highest BCUT2D eigenvalue weighted by Crippen LogP contribution is 2.58. The molecule has 3 aliphatic rings. The molecule has 1 heterocycles. The maximum atomic E-state index is 13.6. The number of esters is 1. The first-order valence-corrected chi connectivity index (χ1v) is 11.0. The molecule has 2 aliphatic carbocycles. The number of carbonyl (C=O) groups excluding carboxylic acids is 3. The molecule has 1 saturated heterocycles. The monoisotopic (exact) mass is 427 g/mol. The van der Waals surface area contributed by atoms with Crippen molar-refractivity contribution in [1.82, 2.24) is 0 Å². The lowest BCUT2D eigenvalue weighted by Crippen LogP contribution is -2.34.